The Labute approximate surface area is 134 Å². The van der Waals surface area contributed by atoms with E-state index in [1.54, 1.807) is 11.3 Å². The van der Waals surface area contributed by atoms with E-state index in [0.29, 0.717) is 0 Å². The molecule has 2 aromatic rings. The summed E-state index contributed by atoms with van der Waals surface area (Å²) in [5.74, 6) is -0.810. The van der Waals surface area contributed by atoms with Gasteiger partial charge in [-0.1, -0.05) is 12.1 Å². The number of benzene rings is 1. The lowest BCUT2D eigenvalue weighted by Gasteiger charge is -2.32. The van der Waals surface area contributed by atoms with Crippen molar-refractivity contribution in [2.45, 2.75) is 45.3 Å². The molecule has 0 bridgehead atoms. The first-order valence-corrected chi connectivity index (χ1v) is 8.15. The van der Waals surface area contributed by atoms with Crippen LogP contribution in [-0.2, 0) is 20.5 Å². The largest absolute Gasteiger partial charge is 0.494 e. The molecule has 0 spiro atoms. The van der Waals surface area contributed by atoms with Gasteiger partial charge in [0.05, 0.1) is 17.6 Å². The Morgan fingerprint density at radius 1 is 1.23 bits per heavy atom. The summed E-state index contributed by atoms with van der Waals surface area (Å²) in [6.45, 7) is 8.12. The van der Waals surface area contributed by atoms with Gasteiger partial charge in [0.2, 0.25) is 0 Å². The zero-order valence-electron chi connectivity index (χ0n) is 13.2. The lowest BCUT2D eigenvalue weighted by atomic mass is 9.79. The van der Waals surface area contributed by atoms with Gasteiger partial charge in [-0.25, -0.2) is 0 Å². The van der Waals surface area contributed by atoms with Gasteiger partial charge < -0.3 is 14.4 Å². The number of rotatable bonds is 3. The number of carboxylic acids is 1. The first-order chi connectivity index (χ1) is 10.2. The van der Waals surface area contributed by atoms with Gasteiger partial charge >= 0.3 is 13.1 Å². The summed E-state index contributed by atoms with van der Waals surface area (Å²) >= 11 is 1.55. The molecule has 1 fully saturated rings. The predicted molar refractivity (Wildman–Crippen MR) is 88.9 cm³/mol. The lowest BCUT2D eigenvalue weighted by Crippen LogP contribution is -2.41. The van der Waals surface area contributed by atoms with Gasteiger partial charge in [-0.2, -0.15) is 0 Å². The number of thiophene rings is 1. The molecule has 6 heteroatoms. The molecule has 4 nitrogen and oxygen atoms in total. The molecule has 1 aliphatic heterocycles. The highest BCUT2D eigenvalue weighted by atomic mass is 32.1. The van der Waals surface area contributed by atoms with Crippen molar-refractivity contribution >= 4 is 40.0 Å². The minimum atomic E-state index is -0.810. The second kappa shape index (κ2) is 5.08. The van der Waals surface area contributed by atoms with Gasteiger partial charge in [0, 0.05) is 4.70 Å². The molecule has 22 heavy (non-hydrogen) atoms. The zero-order valence-corrected chi connectivity index (χ0v) is 14.0. The van der Waals surface area contributed by atoms with E-state index in [1.165, 1.54) is 0 Å². The maximum absolute atomic E-state index is 10.9. The molecule has 1 aromatic carbocycles. The Bertz CT molecular complexity index is 719. The number of carbonyl (C=O) groups is 1. The summed E-state index contributed by atoms with van der Waals surface area (Å²) in [5, 5.41) is 11.9. The van der Waals surface area contributed by atoms with Crippen LogP contribution in [0.2, 0.25) is 0 Å². The number of carboxylic acid groups (broad SMARTS) is 1. The molecule has 1 aromatic heterocycles. The standard InChI is InChI=1S/C16H19BO4S/c1-15(2)16(3,4)21-17(20-15)11-5-6-12-10(7-14(18)19)9-22-13(12)8-11/h5-6,8-9H,7H2,1-4H3,(H,18,19). The summed E-state index contributed by atoms with van der Waals surface area (Å²) < 4.78 is 13.2. The Kier molecular flexibility index (Phi) is 3.59. The summed E-state index contributed by atoms with van der Waals surface area (Å²) in [6, 6.07) is 5.96. The summed E-state index contributed by atoms with van der Waals surface area (Å²) in [4.78, 5) is 10.9. The Morgan fingerprint density at radius 3 is 2.45 bits per heavy atom. The predicted octanol–water partition coefficient (Wildman–Crippen LogP) is 2.83. The zero-order chi connectivity index (χ0) is 16.1. The van der Waals surface area contributed by atoms with Crippen molar-refractivity contribution in [3.8, 4) is 0 Å². The van der Waals surface area contributed by atoms with Gasteiger partial charge in [-0.15, -0.1) is 11.3 Å². The average molecular weight is 318 g/mol. The van der Waals surface area contributed by atoms with E-state index >= 15 is 0 Å². The van der Waals surface area contributed by atoms with Crippen molar-refractivity contribution in [1.82, 2.24) is 0 Å². The van der Waals surface area contributed by atoms with Crippen molar-refractivity contribution in [2.75, 3.05) is 0 Å². The molecule has 1 N–H and O–H groups in total. The fourth-order valence-electron chi connectivity index (χ4n) is 2.53. The van der Waals surface area contributed by atoms with Crippen molar-refractivity contribution in [2.24, 2.45) is 0 Å². The van der Waals surface area contributed by atoms with Crippen LogP contribution in [0.5, 0.6) is 0 Å². The van der Waals surface area contributed by atoms with Gasteiger partial charge in [0.1, 0.15) is 0 Å². The van der Waals surface area contributed by atoms with E-state index in [9.17, 15) is 4.79 Å². The molecule has 0 aliphatic carbocycles. The lowest BCUT2D eigenvalue weighted by molar-refractivity contribution is -0.136. The third-order valence-electron chi connectivity index (χ3n) is 4.55. The van der Waals surface area contributed by atoms with Gasteiger partial charge in [-0.3, -0.25) is 4.79 Å². The molecule has 0 unspecified atom stereocenters. The smallest absolute Gasteiger partial charge is 0.481 e. The van der Waals surface area contributed by atoms with Crippen LogP contribution in [0, 0.1) is 0 Å². The van der Waals surface area contributed by atoms with Crippen LogP contribution in [0.4, 0.5) is 0 Å². The molecule has 0 saturated carbocycles. The van der Waals surface area contributed by atoms with E-state index in [4.69, 9.17) is 14.4 Å². The molecule has 0 atom stereocenters. The normalized spacial score (nSPS) is 19.7. The van der Waals surface area contributed by atoms with Crippen molar-refractivity contribution in [3.63, 3.8) is 0 Å². The van der Waals surface area contributed by atoms with Crippen LogP contribution < -0.4 is 5.46 Å². The fourth-order valence-corrected chi connectivity index (χ4v) is 3.54. The number of hydrogen-bond acceptors (Lipinski definition) is 4. The van der Waals surface area contributed by atoms with Gasteiger partial charge in [0.25, 0.3) is 0 Å². The molecule has 0 amide bonds. The quantitative estimate of drug-likeness (QED) is 0.884. The topological polar surface area (TPSA) is 55.8 Å². The van der Waals surface area contributed by atoms with Crippen molar-refractivity contribution < 1.29 is 19.2 Å². The monoisotopic (exact) mass is 318 g/mol. The highest BCUT2D eigenvalue weighted by molar-refractivity contribution is 7.17. The molecule has 0 radical (unpaired) electrons. The van der Waals surface area contributed by atoms with Crippen LogP contribution in [0.3, 0.4) is 0 Å². The van der Waals surface area contributed by atoms with Crippen LogP contribution in [-0.4, -0.2) is 29.4 Å². The minimum Gasteiger partial charge on any atom is -0.481 e. The Balaban J connectivity index is 1.92. The van der Waals surface area contributed by atoms with E-state index in [0.717, 1.165) is 21.1 Å². The summed E-state index contributed by atoms with van der Waals surface area (Å²) in [6.07, 6.45) is 0.0514. The van der Waals surface area contributed by atoms with E-state index in [1.807, 2.05) is 51.3 Å². The summed E-state index contributed by atoms with van der Waals surface area (Å²) in [7, 11) is -0.389. The molecular weight excluding hydrogens is 299 g/mol. The van der Waals surface area contributed by atoms with Crippen LogP contribution in [0.15, 0.2) is 23.6 Å². The van der Waals surface area contributed by atoms with Crippen LogP contribution >= 0.6 is 11.3 Å². The maximum Gasteiger partial charge on any atom is 0.494 e. The molecule has 2 heterocycles. The first kappa shape index (κ1) is 15.5. The molecule has 1 aliphatic rings. The highest BCUT2D eigenvalue weighted by Crippen LogP contribution is 2.37. The highest BCUT2D eigenvalue weighted by Gasteiger charge is 2.51. The molecular formula is C16H19BO4S. The van der Waals surface area contributed by atoms with Gasteiger partial charge in [-0.05, 0) is 55.6 Å². The molecule has 3 rings (SSSR count). The van der Waals surface area contributed by atoms with E-state index < -0.39 is 5.97 Å². The van der Waals surface area contributed by atoms with Crippen molar-refractivity contribution in [3.05, 3.63) is 29.1 Å². The second-order valence-corrected chi connectivity index (χ2v) is 7.59. The Morgan fingerprint density at radius 2 is 1.86 bits per heavy atom. The Hall–Kier alpha value is -1.37. The average Bonchev–Trinajstić information content (AvgIpc) is 2.88. The summed E-state index contributed by atoms with van der Waals surface area (Å²) in [5.41, 5.74) is 1.09. The molecule has 1 saturated heterocycles. The number of fused-ring (bicyclic) bond motifs is 1. The first-order valence-electron chi connectivity index (χ1n) is 7.27. The molecule has 116 valence electrons. The van der Waals surface area contributed by atoms with Crippen LogP contribution in [0.1, 0.15) is 33.3 Å². The van der Waals surface area contributed by atoms with Crippen LogP contribution in [0.25, 0.3) is 10.1 Å². The van der Waals surface area contributed by atoms with Gasteiger partial charge in [0.15, 0.2) is 0 Å². The second-order valence-electron chi connectivity index (χ2n) is 6.68. The van der Waals surface area contributed by atoms with Crippen molar-refractivity contribution in [1.29, 1.82) is 0 Å². The van der Waals surface area contributed by atoms with E-state index in [-0.39, 0.29) is 24.7 Å². The van der Waals surface area contributed by atoms with E-state index in [2.05, 4.69) is 0 Å². The third-order valence-corrected chi connectivity index (χ3v) is 5.54. The fraction of sp³-hybridized carbons (Fsp3) is 0.438. The number of hydrogen-bond donors (Lipinski definition) is 1. The maximum atomic E-state index is 10.9. The SMILES string of the molecule is CC1(C)OB(c2ccc3c(CC(=O)O)csc3c2)OC1(C)C. The minimum absolute atomic E-state index is 0.0514. The number of aliphatic carboxylic acids is 1. The third kappa shape index (κ3) is 2.55.